The zero-order chi connectivity index (χ0) is 10.5. The van der Waals surface area contributed by atoms with E-state index in [-0.39, 0.29) is 0 Å². The molecule has 0 fully saturated rings. The summed E-state index contributed by atoms with van der Waals surface area (Å²) in [5.41, 5.74) is 1.05. The summed E-state index contributed by atoms with van der Waals surface area (Å²) in [6.45, 7) is 1.17. The Morgan fingerprint density at radius 3 is 3.07 bits per heavy atom. The van der Waals surface area contributed by atoms with Gasteiger partial charge in [-0.05, 0) is 30.2 Å². The van der Waals surface area contributed by atoms with Crippen LogP contribution in [-0.2, 0) is 0 Å². The lowest BCUT2D eigenvalue weighted by molar-refractivity contribution is 0.174. The molecular formula is C11H12BrNO2. The standard InChI is InChI=1S/C11H12BrNO2/c12-4-1-5-13-7-9-2-3-10-11(6-9)15-8-14-10/h2-3,6-7H,1,4-5,8H2/b13-7+. The Labute approximate surface area is 97.2 Å². The summed E-state index contributed by atoms with van der Waals surface area (Å²) in [7, 11) is 0. The summed E-state index contributed by atoms with van der Waals surface area (Å²) in [4.78, 5) is 4.31. The zero-order valence-corrected chi connectivity index (χ0v) is 9.87. The summed E-state index contributed by atoms with van der Waals surface area (Å²) in [5.74, 6) is 1.62. The number of fused-ring (bicyclic) bond motifs is 1. The molecule has 1 aromatic carbocycles. The van der Waals surface area contributed by atoms with Crippen molar-refractivity contribution in [2.45, 2.75) is 6.42 Å². The molecule has 0 saturated carbocycles. The average Bonchev–Trinajstić information content (AvgIpc) is 2.71. The van der Waals surface area contributed by atoms with E-state index in [9.17, 15) is 0 Å². The largest absolute Gasteiger partial charge is 0.454 e. The van der Waals surface area contributed by atoms with Crippen LogP contribution in [0.15, 0.2) is 23.2 Å². The maximum atomic E-state index is 5.28. The van der Waals surface area contributed by atoms with Crippen LogP contribution in [-0.4, -0.2) is 24.9 Å². The van der Waals surface area contributed by atoms with Crippen molar-refractivity contribution < 1.29 is 9.47 Å². The fraction of sp³-hybridized carbons (Fsp3) is 0.364. The van der Waals surface area contributed by atoms with Crippen LogP contribution >= 0.6 is 15.9 Å². The lowest BCUT2D eigenvalue weighted by Gasteiger charge is -1.97. The molecule has 0 atom stereocenters. The van der Waals surface area contributed by atoms with Crippen LogP contribution in [0.25, 0.3) is 0 Å². The van der Waals surface area contributed by atoms with Crippen molar-refractivity contribution in [1.82, 2.24) is 0 Å². The first-order valence-electron chi connectivity index (χ1n) is 4.85. The van der Waals surface area contributed by atoms with E-state index in [4.69, 9.17) is 9.47 Å². The summed E-state index contributed by atoms with van der Waals surface area (Å²) in [5, 5.41) is 0.992. The third-order valence-electron chi connectivity index (χ3n) is 2.06. The first-order chi connectivity index (χ1) is 7.40. The van der Waals surface area contributed by atoms with E-state index in [0.29, 0.717) is 6.79 Å². The van der Waals surface area contributed by atoms with Crippen LogP contribution in [0.5, 0.6) is 11.5 Å². The minimum atomic E-state index is 0.319. The van der Waals surface area contributed by atoms with E-state index < -0.39 is 0 Å². The monoisotopic (exact) mass is 269 g/mol. The molecule has 1 aliphatic heterocycles. The number of rotatable bonds is 4. The molecule has 15 heavy (non-hydrogen) atoms. The van der Waals surface area contributed by atoms with Crippen LogP contribution in [0.2, 0.25) is 0 Å². The van der Waals surface area contributed by atoms with Crippen LogP contribution in [0.3, 0.4) is 0 Å². The van der Waals surface area contributed by atoms with Crippen LogP contribution in [0.4, 0.5) is 0 Å². The summed E-state index contributed by atoms with van der Waals surface area (Å²) in [6, 6.07) is 5.83. The first-order valence-corrected chi connectivity index (χ1v) is 5.98. The fourth-order valence-corrected chi connectivity index (χ4v) is 1.57. The predicted octanol–water partition coefficient (Wildman–Crippen LogP) is 2.62. The molecule has 4 heteroatoms. The van der Waals surface area contributed by atoms with Crippen molar-refractivity contribution in [3.63, 3.8) is 0 Å². The Morgan fingerprint density at radius 2 is 2.20 bits per heavy atom. The maximum absolute atomic E-state index is 5.28. The lowest BCUT2D eigenvalue weighted by Crippen LogP contribution is -1.92. The van der Waals surface area contributed by atoms with Gasteiger partial charge in [-0.15, -0.1) is 0 Å². The minimum absolute atomic E-state index is 0.319. The van der Waals surface area contributed by atoms with Gasteiger partial charge >= 0.3 is 0 Å². The fourth-order valence-electron chi connectivity index (χ4n) is 1.31. The average molecular weight is 270 g/mol. The minimum Gasteiger partial charge on any atom is -0.454 e. The highest BCUT2D eigenvalue weighted by molar-refractivity contribution is 9.09. The second-order valence-electron chi connectivity index (χ2n) is 3.19. The van der Waals surface area contributed by atoms with E-state index >= 15 is 0 Å². The molecule has 0 bridgehead atoms. The smallest absolute Gasteiger partial charge is 0.231 e. The highest BCUT2D eigenvalue weighted by Crippen LogP contribution is 2.31. The Balaban J connectivity index is 2.00. The number of hydrogen-bond acceptors (Lipinski definition) is 3. The van der Waals surface area contributed by atoms with Crippen molar-refractivity contribution in [2.24, 2.45) is 4.99 Å². The van der Waals surface area contributed by atoms with Crippen LogP contribution in [0.1, 0.15) is 12.0 Å². The number of alkyl halides is 1. The number of hydrogen-bond donors (Lipinski definition) is 0. The van der Waals surface area contributed by atoms with Gasteiger partial charge in [0.25, 0.3) is 0 Å². The van der Waals surface area contributed by atoms with Gasteiger partial charge in [0, 0.05) is 18.1 Å². The summed E-state index contributed by atoms with van der Waals surface area (Å²) < 4.78 is 10.5. The predicted molar refractivity (Wildman–Crippen MR) is 63.4 cm³/mol. The normalized spacial score (nSPS) is 13.7. The van der Waals surface area contributed by atoms with E-state index in [1.54, 1.807) is 0 Å². The Bertz CT molecular complexity index is 366. The summed E-state index contributed by atoms with van der Waals surface area (Å²) in [6.07, 6.45) is 2.92. The Kier molecular flexibility index (Phi) is 3.61. The molecule has 0 saturated heterocycles. The molecule has 3 nitrogen and oxygen atoms in total. The van der Waals surface area contributed by atoms with Gasteiger partial charge in [0.2, 0.25) is 6.79 Å². The molecular weight excluding hydrogens is 258 g/mol. The van der Waals surface area contributed by atoms with Crippen LogP contribution in [0, 0.1) is 0 Å². The first kappa shape index (κ1) is 10.5. The highest BCUT2D eigenvalue weighted by Gasteiger charge is 2.12. The quantitative estimate of drug-likeness (QED) is 0.478. The number of benzene rings is 1. The molecule has 2 rings (SSSR count). The third-order valence-corrected chi connectivity index (χ3v) is 2.62. The third kappa shape index (κ3) is 2.72. The van der Waals surface area contributed by atoms with Gasteiger partial charge in [-0.25, -0.2) is 0 Å². The van der Waals surface area contributed by atoms with Gasteiger partial charge in [0.15, 0.2) is 11.5 Å². The molecule has 0 spiro atoms. The number of ether oxygens (including phenoxy) is 2. The molecule has 0 aliphatic carbocycles. The molecule has 0 N–H and O–H groups in total. The maximum Gasteiger partial charge on any atom is 0.231 e. The van der Waals surface area contributed by atoms with E-state index in [1.807, 2.05) is 24.4 Å². The van der Waals surface area contributed by atoms with Gasteiger partial charge in [-0.3, -0.25) is 4.99 Å². The van der Waals surface area contributed by atoms with Gasteiger partial charge in [-0.2, -0.15) is 0 Å². The SMILES string of the molecule is BrCCC/N=C/c1ccc2c(c1)OCO2. The lowest BCUT2D eigenvalue weighted by atomic mass is 10.2. The molecule has 1 aromatic rings. The number of nitrogens with zero attached hydrogens (tertiary/aromatic N) is 1. The topological polar surface area (TPSA) is 30.8 Å². The van der Waals surface area contributed by atoms with Crippen LogP contribution < -0.4 is 9.47 Å². The van der Waals surface area contributed by atoms with Gasteiger partial charge in [0.05, 0.1) is 0 Å². The van der Waals surface area contributed by atoms with Gasteiger partial charge < -0.3 is 9.47 Å². The molecule has 0 aromatic heterocycles. The Morgan fingerprint density at radius 1 is 1.33 bits per heavy atom. The second kappa shape index (κ2) is 5.16. The van der Waals surface area contributed by atoms with Crippen molar-refractivity contribution >= 4 is 22.1 Å². The van der Waals surface area contributed by atoms with Crippen molar-refractivity contribution in [1.29, 1.82) is 0 Å². The van der Waals surface area contributed by atoms with Gasteiger partial charge in [-0.1, -0.05) is 15.9 Å². The van der Waals surface area contributed by atoms with Crippen molar-refractivity contribution in [3.8, 4) is 11.5 Å². The van der Waals surface area contributed by atoms with E-state index in [1.165, 1.54) is 0 Å². The van der Waals surface area contributed by atoms with E-state index in [2.05, 4.69) is 20.9 Å². The molecule has 80 valence electrons. The van der Waals surface area contributed by atoms with Gasteiger partial charge in [0.1, 0.15) is 0 Å². The Hall–Kier alpha value is -1.03. The number of halogens is 1. The number of aliphatic imine (C=N–C) groups is 1. The van der Waals surface area contributed by atoms with E-state index in [0.717, 1.165) is 35.4 Å². The molecule has 0 unspecified atom stereocenters. The van der Waals surface area contributed by atoms with Crippen molar-refractivity contribution in [3.05, 3.63) is 23.8 Å². The molecule has 0 radical (unpaired) electrons. The van der Waals surface area contributed by atoms with Crippen molar-refractivity contribution in [2.75, 3.05) is 18.7 Å². The second-order valence-corrected chi connectivity index (χ2v) is 3.98. The summed E-state index contributed by atoms with van der Waals surface area (Å²) >= 11 is 3.37. The molecule has 0 amide bonds. The molecule has 1 heterocycles. The highest BCUT2D eigenvalue weighted by atomic mass is 79.9. The molecule has 1 aliphatic rings. The zero-order valence-electron chi connectivity index (χ0n) is 8.28.